The number of carbonyl (C=O) groups is 1. The number of hydrogen-bond acceptors (Lipinski definition) is 2. The van der Waals surface area contributed by atoms with E-state index in [2.05, 4.69) is 37.3 Å². The summed E-state index contributed by atoms with van der Waals surface area (Å²) in [6.07, 6.45) is 10.9. The van der Waals surface area contributed by atoms with E-state index in [-0.39, 0.29) is 5.91 Å². The fraction of sp³-hybridized carbons (Fsp3) is 0.750. The van der Waals surface area contributed by atoms with E-state index in [4.69, 9.17) is 0 Å². The second kappa shape index (κ2) is 13.0. The van der Waals surface area contributed by atoms with Crippen LogP contribution in [0.15, 0.2) is 0 Å². The maximum Gasteiger partial charge on any atom is 0.219 e. The van der Waals surface area contributed by atoms with Crippen molar-refractivity contribution in [1.82, 2.24) is 10.6 Å². The van der Waals surface area contributed by atoms with Crippen molar-refractivity contribution >= 4 is 5.91 Å². The molecule has 1 heterocycles. The van der Waals surface area contributed by atoms with Crippen LogP contribution in [0.4, 0.5) is 0 Å². The van der Waals surface area contributed by atoms with E-state index in [1.54, 1.807) is 0 Å². The summed E-state index contributed by atoms with van der Waals surface area (Å²) in [6, 6.07) is 0.382. The van der Waals surface area contributed by atoms with E-state index < -0.39 is 0 Å². The lowest BCUT2D eigenvalue weighted by molar-refractivity contribution is -0.121. The first-order chi connectivity index (χ1) is 7.24. The third-order valence-electron chi connectivity index (χ3n) is 1.75. The van der Waals surface area contributed by atoms with Gasteiger partial charge in [-0.05, 0) is 13.0 Å². The van der Waals surface area contributed by atoms with Crippen molar-refractivity contribution < 1.29 is 4.79 Å². The van der Waals surface area contributed by atoms with Gasteiger partial charge in [-0.1, -0.05) is 27.2 Å². The highest BCUT2D eigenvalue weighted by atomic mass is 16.1. The molecule has 3 nitrogen and oxygen atoms in total. The van der Waals surface area contributed by atoms with E-state index in [1.165, 1.54) is 6.42 Å². The molecule has 0 aliphatic carbocycles. The second-order valence-electron chi connectivity index (χ2n) is 3.32. The fourth-order valence-electron chi connectivity index (χ4n) is 1.11. The Labute approximate surface area is 94.0 Å². The van der Waals surface area contributed by atoms with Crippen LogP contribution in [-0.2, 0) is 4.79 Å². The Bertz CT molecular complexity index is 160. The minimum absolute atomic E-state index is 0.161. The van der Waals surface area contributed by atoms with E-state index in [0.717, 1.165) is 19.5 Å². The summed E-state index contributed by atoms with van der Waals surface area (Å²) in [6.45, 7) is 8.10. The SMILES string of the molecule is C#C.CCC.CCC(=O)N[C@H]1CCNC1. The minimum atomic E-state index is 0.161. The van der Waals surface area contributed by atoms with Gasteiger partial charge in [0.2, 0.25) is 5.91 Å². The monoisotopic (exact) mass is 212 g/mol. The summed E-state index contributed by atoms with van der Waals surface area (Å²) in [4.78, 5) is 10.8. The summed E-state index contributed by atoms with van der Waals surface area (Å²) >= 11 is 0. The molecule has 1 fully saturated rings. The van der Waals surface area contributed by atoms with E-state index in [9.17, 15) is 4.79 Å². The molecule has 15 heavy (non-hydrogen) atoms. The standard InChI is InChI=1S/C7H14N2O.C3H8.C2H2/c1-2-7(10)9-6-3-4-8-5-6;1-3-2;1-2/h6,8H,2-5H2,1H3,(H,9,10);3H2,1-2H3;1-2H/t6-;;/m0../s1. The van der Waals surface area contributed by atoms with Gasteiger partial charge >= 0.3 is 0 Å². The maximum absolute atomic E-state index is 10.8. The lowest BCUT2D eigenvalue weighted by Crippen LogP contribution is -2.35. The van der Waals surface area contributed by atoms with Gasteiger partial charge in [0.05, 0.1) is 0 Å². The molecule has 0 aromatic heterocycles. The molecule has 0 radical (unpaired) electrons. The molecule has 1 atom stereocenters. The number of amides is 1. The molecule has 0 aromatic rings. The van der Waals surface area contributed by atoms with Crippen molar-refractivity contribution in [1.29, 1.82) is 0 Å². The molecule has 1 saturated heterocycles. The molecule has 1 aliphatic heterocycles. The van der Waals surface area contributed by atoms with Gasteiger partial charge in [0.1, 0.15) is 0 Å². The van der Waals surface area contributed by atoms with Gasteiger partial charge < -0.3 is 10.6 Å². The fourth-order valence-corrected chi connectivity index (χ4v) is 1.11. The Morgan fingerprint density at radius 3 is 2.27 bits per heavy atom. The predicted molar refractivity (Wildman–Crippen MR) is 65.6 cm³/mol. The molecular weight excluding hydrogens is 188 g/mol. The average Bonchev–Trinajstić information content (AvgIpc) is 2.74. The van der Waals surface area contributed by atoms with Crippen molar-refractivity contribution in [2.75, 3.05) is 13.1 Å². The second-order valence-corrected chi connectivity index (χ2v) is 3.32. The lowest BCUT2D eigenvalue weighted by Gasteiger charge is -2.08. The van der Waals surface area contributed by atoms with Crippen LogP contribution in [0.1, 0.15) is 40.0 Å². The molecular formula is C12H24N2O. The highest BCUT2D eigenvalue weighted by Gasteiger charge is 2.14. The Balaban J connectivity index is 0. The van der Waals surface area contributed by atoms with Gasteiger partial charge in [-0.15, -0.1) is 12.8 Å². The van der Waals surface area contributed by atoms with Crippen LogP contribution in [0.5, 0.6) is 0 Å². The first kappa shape index (κ1) is 16.4. The minimum Gasteiger partial charge on any atom is -0.352 e. The van der Waals surface area contributed by atoms with E-state index in [0.29, 0.717) is 12.5 Å². The molecule has 0 saturated carbocycles. The quantitative estimate of drug-likeness (QED) is 0.682. The summed E-state index contributed by atoms with van der Waals surface area (Å²) < 4.78 is 0. The van der Waals surface area contributed by atoms with Crippen LogP contribution in [0.3, 0.4) is 0 Å². The number of nitrogens with one attached hydrogen (secondary N) is 2. The molecule has 0 bridgehead atoms. The molecule has 1 amide bonds. The summed E-state index contributed by atoms with van der Waals surface area (Å²) in [7, 11) is 0. The molecule has 0 spiro atoms. The maximum atomic E-state index is 10.8. The number of terminal acetylenes is 1. The normalized spacial score (nSPS) is 17.8. The highest BCUT2D eigenvalue weighted by Crippen LogP contribution is 1.96. The van der Waals surface area contributed by atoms with Crippen LogP contribution in [-0.4, -0.2) is 25.0 Å². The molecule has 3 heteroatoms. The molecule has 1 aliphatic rings. The van der Waals surface area contributed by atoms with Crippen LogP contribution in [0, 0.1) is 12.8 Å². The average molecular weight is 212 g/mol. The highest BCUT2D eigenvalue weighted by molar-refractivity contribution is 5.75. The van der Waals surface area contributed by atoms with Crippen molar-refractivity contribution in [2.45, 2.75) is 46.1 Å². The topological polar surface area (TPSA) is 41.1 Å². The van der Waals surface area contributed by atoms with Gasteiger partial charge in [0.25, 0.3) is 0 Å². The molecule has 0 unspecified atom stereocenters. The molecule has 1 rings (SSSR count). The zero-order valence-corrected chi connectivity index (χ0v) is 10.2. The summed E-state index contributed by atoms with van der Waals surface area (Å²) in [5.41, 5.74) is 0. The van der Waals surface area contributed by atoms with Gasteiger partial charge in [0.15, 0.2) is 0 Å². The largest absolute Gasteiger partial charge is 0.352 e. The van der Waals surface area contributed by atoms with Crippen molar-refractivity contribution in [3.8, 4) is 12.8 Å². The number of carbonyl (C=O) groups excluding carboxylic acids is 1. The summed E-state index contributed by atoms with van der Waals surface area (Å²) in [5.74, 6) is 0.161. The van der Waals surface area contributed by atoms with Crippen molar-refractivity contribution in [3.05, 3.63) is 0 Å². The molecule has 2 N–H and O–H groups in total. The predicted octanol–water partition coefficient (Wildman–Crippen LogP) is 1.54. The number of hydrogen-bond donors (Lipinski definition) is 2. The third-order valence-corrected chi connectivity index (χ3v) is 1.75. The van der Waals surface area contributed by atoms with Crippen LogP contribution in [0.25, 0.3) is 0 Å². The van der Waals surface area contributed by atoms with Gasteiger partial charge in [-0.3, -0.25) is 4.79 Å². The first-order valence-corrected chi connectivity index (χ1v) is 5.57. The van der Waals surface area contributed by atoms with E-state index in [1.807, 2.05) is 6.92 Å². The Hall–Kier alpha value is -1.01. The zero-order valence-electron chi connectivity index (χ0n) is 10.2. The van der Waals surface area contributed by atoms with Crippen LogP contribution < -0.4 is 10.6 Å². The molecule has 88 valence electrons. The van der Waals surface area contributed by atoms with Crippen molar-refractivity contribution in [2.24, 2.45) is 0 Å². The Kier molecular flexibility index (Phi) is 14.2. The number of rotatable bonds is 2. The third kappa shape index (κ3) is 10.9. The summed E-state index contributed by atoms with van der Waals surface area (Å²) in [5, 5.41) is 6.11. The zero-order chi connectivity index (χ0) is 12.1. The first-order valence-electron chi connectivity index (χ1n) is 5.57. The van der Waals surface area contributed by atoms with Gasteiger partial charge in [0, 0.05) is 19.0 Å². The van der Waals surface area contributed by atoms with Crippen molar-refractivity contribution in [3.63, 3.8) is 0 Å². The van der Waals surface area contributed by atoms with Crippen LogP contribution >= 0.6 is 0 Å². The Morgan fingerprint density at radius 1 is 1.40 bits per heavy atom. The smallest absolute Gasteiger partial charge is 0.219 e. The lowest BCUT2D eigenvalue weighted by atomic mass is 10.2. The van der Waals surface area contributed by atoms with Crippen LogP contribution in [0.2, 0.25) is 0 Å². The van der Waals surface area contributed by atoms with Gasteiger partial charge in [-0.25, -0.2) is 0 Å². The van der Waals surface area contributed by atoms with E-state index >= 15 is 0 Å². The Morgan fingerprint density at radius 2 is 1.93 bits per heavy atom. The van der Waals surface area contributed by atoms with Gasteiger partial charge in [-0.2, -0.15) is 0 Å². The molecule has 0 aromatic carbocycles.